The first kappa shape index (κ1) is 15.1. The van der Waals surface area contributed by atoms with Crippen LogP contribution in [0.25, 0.3) is 0 Å². The van der Waals surface area contributed by atoms with E-state index in [-0.39, 0.29) is 16.0 Å². The van der Waals surface area contributed by atoms with Gasteiger partial charge in [0.25, 0.3) is 0 Å². The van der Waals surface area contributed by atoms with Crippen LogP contribution in [0.2, 0.25) is 5.02 Å². The van der Waals surface area contributed by atoms with Crippen LogP contribution in [-0.2, 0) is 10.0 Å². The molecule has 0 aliphatic carbocycles. The summed E-state index contributed by atoms with van der Waals surface area (Å²) in [5, 5.41) is 0.264. The number of halogens is 2. The van der Waals surface area contributed by atoms with Gasteiger partial charge < -0.3 is 0 Å². The molecule has 0 bridgehead atoms. The summed E-state index contributed by atoms with van der Waals surface area (Å²) in [5.41, 5.74) is 0. The molecule has 1 saturated heterocycles. The topological polar surface area (TPSA) is 37.4 Å². The zero-order chi connectivity index (χ0) is 13.9. The number of benzene rings is 1. The van der Waals surface area contributed by atoms with Crippen LogP contribution in [0, 0.1) is 0 Å². The van der Waals surface area contributed by atoms with Crippen LogP contribution in [0.15, 0.2) is 29.2 Å². The van der Waals surface area contributed by atoms with Crippen molar-refractivity contribution in [1.29, 1.82) is 0 Å². The van der Waals surface area contributed by atoms with E-state index < -0.39 is 10.0 Å². The lowest BCUT2D eigenvalue weighted by Crippen LogP contribution is -2.41. The molecule has 1 aromatic rings. The molecule has 1 aromatic carbocycles. The largest absolute Gasteiger partial charge is 0.244 e. The van der Waals surface area contributed by atoms with Crippen molar-refractivity contribution in [1.82, 2.24) is 4.31 Å². The second kappa shape index (κ2) is 6.44. The van der Waals surface area contributed by atoms with Gasteiger partial charge in [-0.05, 0) is 25.0 Å². The summed E-state index contributed by atoms with van der Waals surface area (Å²) in [6.45, 7) is 0.519. The van der Waals surface area contributed by atoms with Gasteiger partial charge in [-0.3, -0.25) is 0 Å². The molecule has 0 spiro atoms. The normalized spacial score (nSPS) is 22.1. The highest BCUT2D eigenvalue weighted by Crippen LogP contribution is 2.29. The molecule has 0 amide bonds. The molecular formula is C13H17Cl2NO2S. The van der Waals surface area contributed by atoms with Gasteiger partial charge in [0.15, 0.2) is 0 Å². The van der Waals surface area contributed by atoms with E-state index in [4.69, 9.17) is 23.2 Å². The van der Waals surface area contributed by atoms with Crippen molar-refractivity contribution in [3.63, 3.8) is 0 Å². The highest BCUT2D eigenvalue weighted by molar-refractivity contribution is 7.89. The SMILES string of the molecule is O=S(=O)(c1ccccc1Cl)N1CCCCCC1CCl. The third-order valence-corrected chi connectivity index (χ3v) is 6.23. The molecule has 2 rings (SSSR count). The quantitative estimate of drug-likeness (QED) is 0.799. The number of nitrogens with zero attached hydrogens (tertiary/aromatic N) is 1. The predicted molar refractivity (Wildman–Crippen MR) is 78.3 cm³/mol. The molecule has 6 heteroatoms. The lowest BCUT2D eigenvalue weighted by atomic mass is 10.1. The fourth-order valence-corrected chi connectivity index (χ4v) is 4.99. The molecule has 0 N–H and O–H groups in total. The maximum Gasteiger partial charge on any atom is 0.244 e. The molecule has 1 heterocycles. The van der Waals surface area contributed by atoms with E-state index in [0.717, 1.165) is 25.7 Å². The van der Waals surface area contributed by atoms with Crippen LogP contribution >= 0.6 is 23.2 Å². The van der Waals surface area contributed by atoms with Crippen molar-refractivity contribution >= 4 is 33.2 Å². The van der Waals surface area contributed by atoms with Gasteiger partial charge in [0.2, 0.25) is 10.0 Å². The average Bonchev–Trinajstić information content (AvgIpc) is 2.64. The van der Waals surface area contributed by atoms with E-state index in [1.165, 1.54) is 4.31 Å². The summed E-state index contributed by atoms with van der Waals surface area (Å²) in [4.78, 5) is 0.175. The second-order valence-electron chi connectivity index (χ2n) is 4.70. The first-order valence-electron chi connectivity index (χ1n) is 6.39. The van der Waals surface area contributed by atoms with E-state index >= 15 is 0 Å². The van der Waals surface area contributed by atoms with E-state index in [2.05, 4.69) is 0 Å². The zero-order valence-electron chi connectivity index (χ0n) is 10.6. The number of sulfonamides is 1. The third-order valence-electron chi connectivity index (χ3n) is 3.42. The van der Waals surface area contributed by atoms with Gasteiger partial charge in [0.1, 0.15) is 4.90 Å². The summed E-state index contributed by atoms with van der Waals surface area (Å²) in [6.07, 6.45) is 3.75. The van der Waals surface area contributed by atoms with Gasteiger partial charge in [0, 0.05) is 18.5 Å². The molecular weight excluding hydrogens is 305 g/mol. The molecule has 1 unspecified atom stereocenters. The monoisotopic (exact) mass is 321 g/mol. The van der Waals surface area contributed by atoms with Crippen LogP contribution < -0.4 is 0 Å². The van der Waals surface area contributed by atoms with Gasteiger partial charge in [0.05, 0.1) is 5.02 Å². The molecule has 3 nitrogen and oxygen atoms in total. The summed E-state index contributed by atoms with van der Waals surface area (Å²) in [6, 6.07) is 6.43. The Morgan fingerprint density at radius 3 is 2.63 bits per heavy atom. The van der Waals surface area contributed by atoms with Crippen LogP contribution in [0.4, 0.5) is 0 Å². The minimum absolute atomic E-state index is 0.134. The first-order valence-corrected chi connectivity index (χ1v) is 8.75. The molecule has 106 valence electrons. The summed E-state index contributed by atoms with van der Waals surface area (Å²) >= 11 is 12.0. The molecule has 0 saturated carbocycles. The molecule has 19 heavy (non-hydrogen) atoms. The fourth-order valence-electron chi connectivity index (χ4n) is 2.40. The Labute approximate surface area is 124 Å². The Balaban J connectivity index is 2.39. The van der Waals surface area contributed by atoms with E-state index in [9.17, 15) is 8.42 Å². The number of rotatable bonds is 3. The summed E-state index contributed by atoms with van der Waals surface area (Å²) < 4.78 is 26.9. The second-order valence-corrected chi connectivity index (χ2v) is 7.28. The Bertz CT molecular complexity index is 533. The fraction of sp³-hybridized carbons (Fsp3) is 0.538. The molecule has 1 fully saturated rings. The zero-order valence-corrected chi connectivity index (χ0v) is 12.9. The number of hydrogen-bond acceptors (Lipinski definition) is 2. The van der Waals surface area contributed by atoms with Crippen molar-refractivity contribution < 1.29 is 8.42 Å². The van der Waals surface area contributed by atoms with Crippen LogP contribution in [-0.4, -0.2) is 31.2 Å². The van der Waals surface area contributed by atoms with Crippen molar-refractivity contribution in [2.24, 2.45) is 0 Å². The van der Waals surface area contributed by atoms with E-state index in [1.54, 1.807) is 24.3 Å². The first-order chi connectivity index (χ1) is 9.07. The van der Waals surface area contributed by atoms with Gasteiger partial charge in [-0.15, -0.1) is 11.6 Å². The van der Waals surface area contributed by atoms with Crippen molar-refractivity contribution in [2.75, 3.05) is 12.4 Å². The Morgan fingerprint density at radius 1 is 1.21 bits per heavy atom. The van der Waals surface area contributed by atoms with Crippen LogP contribution in [0.1, 0.15) is 25.7 Å². The van der Waals surface area contributed by atoms with E-state index in [1.807, 2.05) is 0 Å². The molecule has 1 aliphatic heterocycles. The van der Waals surface area contributed by atoms with Crippen molar-refractivity contribution in [3.8, 4) is 0 Å². The highest BCUT2D eigenvalue weighted by Gasteiger charge is 2.33. The minimum atomic E-state index is -3.56. The Hall–Kier alpha value is -0.290. The van der Waals surface area contributed by atoms with Crippen LogP contribution in [0.5, 0.6) is 0 Å². The molecule has 1 atom stereocenters. The molecule has 1 aliphatic rings. The van der Waals surface area contributed by atoms with Crippen molar-refractivity contribution in [2.45, 2.75) is 36.6 Å². The van der Waals surface area contributed by atoms with Crippen LogP contribution in [0.3, 0.4) is 0 Å². The number of alkyl halides is 1. The van der Waals surface area contributed by atoms with Gasteiger partial charge in [-0.2, -0.15) is 4.31 Å². The smallest absolute Gasteiger partial charge is 0.207 e. The molecule has 0 radical (unpaired) electrons. The van der Waals surface area contributed by atoms with Crippen molar-refractivity contribution in [3.05, 3.63) is 29.3 Å². The highest BCUT2D eigenvalue weighted by atomic mass is 35.5. The lowest BCUT2D eigenvalue weighted by Gasteiger charge is -2.27. The minimum Gasteiger partial charge on any atom is -0.207 e. The van der Waals surface area contributed by atoms with E-state index in [0.29, 0.717) is 12.4 Å². The molecule has 0 aromatic heterocycles. The maximum absolute atomic E-state index is 12.7. The van der Waals surface area contributed by atoms with Gasteiger partial charge >= 0.3 is 0 Å². The Kier molecular flexibility index (Phi) is 5.12. The third kappa shape index (κ3) is 3.24. The standard InChI is InChI=1S/C13H17Cl2NO2S/c14-10-11-6-2-1-5-9-16(11)19(17,18)13-8-4-3-7-12(13)15/h3-4,7-8,11H,1-2,5-6,9-10H2. The summed E-state index contributed by atoms with van der Waals surface area (Å²) in [5.74, 6) is 0.323. The number of hydrogen-bond donors (Lipinski definition) is 0. The maximum atomic E-state index is 12.7. The average molecular weight is 322 g/mol. The predicted octanol–water partition coefficient (Wildman–Crippen LogP) is 3.51. The summed E-state index contributed by atoms with van der Waals surface area (Å²) in [7, 11) is -3.56. The van der Waals surface area contributed by atoms with Gasteiger partial charge in [-0.1, -0.05) is 36.6 Å². The Morgan fingerprint density at radius 2 is 1.95 bits per heavy atom. The van der Waals surface area contributed by atoms with Gasteiger partial charge in [-0.25, -0.2) is 8.42 Å². The lowest BCUT2D eigenvalue weighted by molar-refractivity contribution is 0.345.